The minimum Gasteiger partial charge on any atom is -0.110 e. The third-order valence-corrected chi connectivity index (χ3v) is 9.44. The average Bonchev–Trinajstić information content (AvgIpc) is 3.11. The summed E-state index contributed by atoms with van der Waals surface area (Å²) in [5, 5.41) is 6.83. The van der Waals surface area contributed by atoms with E-state index in [-0.39, 0.29) is 10.9 Å². The Balaban J connectivity index is 1.72. The summed E-state index contributed by atoms with van der Waals surface area (Å²) < 4.78 is 0. The molecule has 0 N–H and O–H groups in total. The Morgan fingerprint density at radius 2 is 0.830 bits per heavy atom. The Morgan fingerprint density at radius 3 is 1.53 bits per heavy atom. The van der Waals surface area contributed by atoms with Crippen LogP contribution >= 0.6 is 0 Å². The maximum Gasteiger partial charge on any atom is 0.115 e. The summed E-state index contributed by atoms with van der Waals surface area (Å²) in [5.74, 6) is 0. The lowest BCUT2D eigenvalue weighted by Crippen LogP contribution is -2.48. The molecule has 14 radical (unpaired) electrons. The highest BCUT2D eigenvalue weighted by Gasteiger charge is 2.26. The lowest BCUT2D eigenvalue weighted by atomic mass is 9.60. The zero-order valence-electron chi connectivity index (χ0n) is 25.5. The number of hydrogen-bond donors (Lipinski definition) is 0. The van der Waals surface area contributed by atoms with E-state index in [1.807, 2.05) is 66.7 Å². The molecule has 0 saturated heterocycles. The van der Waals surface area contributed by atoms with Crippen LogP contribution in [0, 0.1) is 0 Å². The van der Waals surface area contributed by atoms with Crippen LogP contribution in [0.25, 0.3) is 76.5 Å². The first kappa shape index (κ1) is 29.6. The van der Waals surface area contributed by atoms with E-state index < -0.39 is 0 Å². The van der Waals surface area contributed by atoms with Crippen molar-refractivity contribution in [3.05, 3.63) is 115 Å². The van der Waals surface area contributed by atoms with E-state index in [4.69, 9.17) is 54.9 Å². The number of rotatable bonds is 3. The van der Waals surface area contributed by atoms with Crippen molar-refractivity contribution >= 4 is 136 Å². The van der Waals surface area contributed by atoms with E-state index in [0.29, 0.717) is 54.4 Å². The van der Waals surface area contributed by atoms with Gasteiger partial charge in [0.15, 0.2) is 0 Å². The normalized spacial score (nSPS) is 11.6. The summed E-state index contributed by atoms with van der Waals surface area (Å²) in [6, 6.07) is 38.5. The molecule has 47 heavy (non-hydrogen) atoms. The molecule has 0 aliphatic rings. The van der Waals surface area contributed by atoms with Crippen LogP contribution in [0.15, 0.2) is 115 Å². The maximum atomic E-state index is 7.31. The summed E-state index contributed by atoms with van der Waals surface area (Å²) in [6.45, 7) is 0. The van der Waals surface area contributed by atoms with Crippen molar-refractivity contribution in [2.45, 2.75) is 0 Å². The molecule has 0 spiro atoms. The van der Waals surface area contributed by atoms with Gasteiger partial charge in [0.1, 0.15) is 54.9 Å². The lowest BCUT2D eigenvalue weighted by molar-refractivity contribution is 1.68. The molecule has 7 heteroatoms. The second-order valence-corrected chi connectivity index (χ2v) is 12.0. The van der Waals surface area contributed by atoms with Gasteiger partial charge in [0.2, 0.25) is 0 Å². The average molecular weight is 575 g/mol. The molecule has 0 bridgehead atoms. The predicted molar refractivity (Wildman–Crippen MR) is 210 cm³/mol. The zero-order valence-corrected chi connectivity index (χ0v) is 25.5. The van der Waals surface area contributed by atoms with Crippen molar-refractivity contribution in [2.75, 3.05) is 0 Å². The summed E-state index contributed by atoms with van der Waals surface area (Å²) in [5.41, 5.74) is 7.01. The van der Waals surface area contributed by atoms with Crippen molar-refractivity contribution in [3.63, 3.8) is 0 Å². The Morgan fingerprint density at radius 1 is 0.298 bits per heavy atom. The highest BCUT2D eigenvalue weighted by Crippen LogP contribution is 2.43. The highest BCUT2D eigenvalue weighted by molar-refractivity contribution is 6.69. The Kier molecular flexibility index (Phi) is 7.06. The summed E-state index contributed by atoms with van der Waals surface area (Å²) >= 11 is 0. The molecule has 0 unspecified atom stereocenters. The molecule has 200 valence electrons. The Labute approximate surface area is 283 Å². The topological polar surface area (TPSA) is 0 Å². The molecule has 0 atom stereocenters. The van der Waals surface area contributed by atoms with Gasteiger partial charge in [-0.25, -0.2) is 0 Å². The van der Waals surface area contributed by atoms with Gasteiger partial charge in [-0.3, -0.25) is 0 Å². The fraction of sp³-hybridized carbons (Fsp3) is 0. The van der Waals surface area contributed by atoms with Crippen molar-refractivity contribution in [1.29, 1.82) is 0 Å². The standard InChI is InChI=1S/C40H19B7/c41-34-28(22-11-2-1-3-12-22)35(42)36(43)32-29(26-16-8-14-21-10-6-7-15-25(21)26)33-31(37(44)39(46)40(47)38(33)45)27(30(32)34)24-18-17-20-9-4-5-13-23(20)19-24/h1-19H. The first-order valence-corrected chi connectivity index (χ1v) is 15.3. The maximum absolute atomic E-state index is 7.31. The van der Waals surface area contributed by atoms with Crippen LogP contribution in [-0.2, 0) is 0 Å². The van der Waals surface area contributed by atoms with E-state index in [1.165, 1.54) is 0 Å². The van der Waals surface area contributed by atoms with Crippen LogP contribution in [-0.4, -0.2) is 54.9 Å². The van der Waals surface area contributed by atoms with Crippen LogP contribution < -0.4 is 38.2 Å². The third-order valence-electron chi connectivity index (χ3n) is 9.44. The second kappa shape index (κ2) is 11.2. The predicted octanol–water partition coefficient (Wildman–Crippen LogP) is 2.86. The number of benzene rings is 8. The second-order valence-electron chi connectivity index (χ2n) is 12.0. The van der Waals surface area contributed by atoms with Crippen LogP contribution in [0.2, 0.25) is 0 Å². The monoisotopic (exact) mass is 576 g/mol. The van der Waals surface area contributed by atoms with Gasteiger partial charge < -0.3 is 0 Å². The fourth-order valence-corrected chi connectivity index (χ4v) is 7.19. The van der Waals surface area contributed by atoms with Gasteiger partial charge in [0.25, 0.3) is 0 Å². The third kappa shape index (κ3) is 4.40. The molecular formula is C40H19B7. The van der Waals surface area contributed by atoms with E-state index in [9.17, 15) is 0 Å². The van der Waals surface area contributed by atoms with Crippen LogP contribution in [0.3, 0.4) is 0 Å². The van der Waals surface area contributed by atoms with Gasteiger partial charge in [-0.05, 0) is 82.5 Å². The summed E-state index contributed by atoms with van der Waals surface area (Å²) in [7, 11) is 48.7. The van der Waals surface area contributed by atoms with Crippen LogP contribution in [0.5, 0.6) is 0 Å². The molecule has 0 fully saturated rings. The van der Waals surface area contributed by atoms with E-state index in [2.05, 4.69) is 48.5 Å². The fourth-order valence-electron chi connectivity index (χ4n) is 7.19. The number of fused-ring (bicyclic) bond motifs is 4. The molecule has 8 aromatic rings. The first-order valence-electron chi connectivity index (χ1n) is 15.3. The summed E-state index contributed by atoms with van der Waals surface area (Å²) in [4.78, 5) is 0. The molecule has 0 heterocycles. The van der Waals surface area contributed by atoms with E-state index in [1.54, 1.807) is 0 Å². The molecule has 0 aromatic heterocycles. The van der Waals surface area contributed by atoms with Crippen molar-refractivity contribution in [1.82, 2.24) is 0 Å². The number of hydrogen-bond acceptors (Lipinski definition) is 0. The SMILES string of the molecule is [B]c1c([B])c([B])c2c(-c3cccc4ccccc34)c3c([B])c([B])c(-c4ccccc4)c([B])c3c(-c3ccc4ccccc4c3)c2c1[B]. The zero-order chi connectivity index (χ0) is 32.6. The molecule has 0 nitrogen and oxygen atoms in total. The molecule has 0 amide bonds. The van der Waals surface area contributed by atoms with Crippen LogP contribution in [0.1, 0.15) is 0 Å². The smallest absolute Gasteiger partial charge is 0.110 e. The Hall–Kier alpha value is -4.75. The minimum atomic E-state index is 0.209. The van der Waals surface area contributed by atoms with Gasteiger partial charge in [0, 0.05) is 0 Å². The van der Waals surface area contributed by atoms with Gasteiger partial charge in [0.05, 0.1) is 0 Å². The summed E-state index contributed by atoms with van der Waals surface area (Å²) in [6.07, 6.45) is 0. The molecule has 0 aliphatic carbocycles. The van der Waals surface area contributed by atoms with Crippen molar-refractivity contribution in [2.24, 2.45) is 0 Å². The van der Waals surface area contributed by atoms with Gasteiger partial charge in [-0.15, -0.1) is 10.9 Å². The van der Waals surface area contributed by atoms with E-state index >= 15 is 0 Å². The van der Waals surface area contributed by atoms with Crippen LogP contribution in [0.4, 0.5) is 0 Å². The van der Waals surface area contributed by atoms with Gasteiger partial charge in [-0.1, -0.05) is 137 Å². The largest absolute Gasteiger partial charge is 0.115 e. The molecule has 8 aromatic carbocycles. The van der Waals surface area contributed by atoms with Crippen molar-refractivity contribution < 1.29 is 0 Å². The highest BCUT2D eigenvalue weighted by atomic mass is 14.3. The van der Waals surface area contributed by atoms with Crippen molar-refractivity contribution in [3.8, 4) is 33.4 Å². The Bertz CT molecular complexity index is 2590. The quantitative estimate of drug-likeness (QED) is 0.225. The van der Waals surface area contributed by atoms with E-state index in [0.717, 1.165) is 49.4 Å². The molecular weight excluding hydrogens is 556 g/mol. The molecule has 0 aliphatic heterocycles. The van der Waals surface area contributed by atoms with Gasteiger partial charge >= 0.3 is 0 Å². The van der Waals surface area contributed by atoms with Gasteiger partial charge in [-0.2, -0.15) is 0 Å². The first-order chi connectivity index (χ1) is 22.8. The molecule has 8 rings (SSSR count). The lowest BCUT2D eigenvalue weighted by Gasteiger charge is -2.29. The molecule has 0 saturated carbocycles. The minimum absolute atomic E-state index is 0.209.